The number of aromatic amines is 1. The number of ether oxygens (including phenoxy) is 1. The van der Waals surface area contributed by atoms with Crippen molar-refractivity contribution >= 4 is 46.5 Å². The third kappa shape index (κ3) is 6.31. The standard InChI is InChI=1S/C34H38BN5O7/c1-38-14-16-40(17-15-38)19-28(42)39(2)24-11-9-23(10-12-24)36-30(21-6-4-3-5-7-21)29-25-13-8-22(18-26(25)37-33(29)43)35-46-31-27(20-41)45-34(44)32(31)47-35/h3-13,18,27,31-32,34,37,41,43-44H,14-17,19-20H2,1-2H3/t27-,31+,32-,34?/m1/s1. The van der Waals surface area contributed by atoms with E-state index in [4.69, 9.17) is 19.0 Å². The number of likely N-dealkylation sites (N-methyl/N-ethyl adjacent to an activating group) is 2. The molecular formula is C34H38BN5O7. The van der Waals surface area contributed by atoms with E-state index in [1.807, 2.05) is 72.8 Å². The van der Waals surface area contributed by atoms with Crippen LogP contribution in [-0.4, -0.2) is 127 Å². The first-order valence-corrected chi connectivity index (χ1v) is 15.8. The fourth-order valence-electron chi connectivity index (χ4n) is 6.41. The van der Waals surface area contributed by atoms with Crippen molar-refractivity contribution in [2.24, 2.45) is 4.99 Å². The second-order valence-electron chi connectivity index (χ2n) is 12.3. The number of aliphatic hydroxyl groups excluding tert-OH is 2. The Labute approximate surface area is 272 Å². The maximum atomic E-state index is 13.0. The predicted octanol–water partition coefficient (Wildman–Crippen LogP) is 1.44. The number of nitrogens with one attached hydrogen (secondary N) is 1. The lowest BCUT2D eigenvalue weighted by molar-refractivity contribution is -0.132. The third-order valence-electron chi connectivity index (χ3n) is 9.19. The van der Waals surface area contributed by atoms with Gasteiger partial charge in [0.1, 0.15) is 18.3 Å². The molecular weight excluding hydrogens is 601 g/mol. The van der Waals surface area contributed by atoms with Crippen LogP contribution in [0.1, 0.15) is 11.1 Å². The van der Waals surface area contributed by atoms with Crippen molar-refractivity contribution in [2.75, 3.05) is 58.3 Å². The van der Waals surface area contributed by atoms with Crippen LogP contribution in [0.25, 0.3) is 10.9 Å². The van der Waals surface area contributed by atoms with Crippen LogP contribution in [0.4, 0.5) is 11.4 Å². The molecule has 4 aromatic rings. The lowest BCUT2D eigenvalue weighted by atomic mass is 9.79. The number of carbonyl (C=O) groups is 1. The number of H-pyrrole nitrogens is 1. The van der Waals surface area contributed by atoms with Crippen molar-refractivity contribution in [3.63, 3.8) is 0 Å². The Balaban J connectivity index is 1.15. The summed E-state index contributed by atoms with van der Waals surface area (Å²) < 4.78 is 17.3. The van der Waals surface area contributed by atoms with E-state index in [-0.39, 0.29) is 18.4 Å². The van der Waals surface area contributed by atoms with Gasteiger partial charge in [-0.25, -0.2) is 4.99 Å². The summed E-state index contributed by atoms with van der Waals surface area (Å²) in [5.41, 5.74) is 4.69. The van der Waals surface area contributed by atoms with E-state index < -0.39 is 31.7 Å². The maximum absolute atomic E-state index is 13.0. The van der Waals surface area contributed by atoms with Gasteiger partial charge >= 0.3 is 7.12 Å². The number of aromatic hydroxyl groups is 1. The van der Waals surface area contributed by atoms with Gasteiger partial charge in [0.05, 0.1) is 30.1 Å². The number of rotatable bonds is 8. The number of aliphatic imine (C=N–C) groups is 1. The smallest absolute Gasteiger partial charge is 0.494 e. The van der Waals surface area contributed by atoms with Crippen molar-refractivity contribution in [3.8, 4) is 5.88 Å². The van der Waals surface area contributed by atoms with E-state index in [1.165, 1.54) is 0 Å². The first-order chi connectivity index (χ1) is 22.8. The van der Waals surface area contributed by atoms with E-state index in [9.17, 15) is 20.1 Å². The number of nitrogens with zero attached hydrogens (tertiary/aromatic N) is 4. The van der Waals surface area contributed by atoms with Crippen molar-refractivity contribution in [2.45, 2.75) is 24.6 Å². The number of aromatic nitrogens is 1. The minimum absolute atomic E-state index is 0.0354. The Kier molecular flexibility index (Phi) is 8.86. The molecule has 0 saturated carbocycles. The summed E-state index contributed by atoms with van der Waals surface area (Å²) >= 11 is 0. The number of piperazine rings is 1. The lowest BCUT2D eigenvalue weighted by Crippen LogP contribution is -2.48. The number of carbonyl (C=O) groups excluding carboxylic acids is 1. The van der Waals surface area contributed by atoms with Crippen LogP contribution >= 0.6 is 0 Å². The summed E-state index contributed by atoms with van der Waals surface area (Å²) in [6.07, 6.45) is -3.17. The molecule has 47 heavy (non-hydrogen) atoms. The fourth-order valence-corrected chi connectivity index (χ4v) is 6.41. The summed E-state index contributed by atoms with van der Waals surface area (Å²) in [7, 11) is 3.11. The van der Waals surface area contributed by atoms with E-state index in [2.05, 4.69) is 21.8 Å². The van der Waals surface area contributed by atoms with E-state index >= 15 is 0 Å². The highest BCUT2D eigenvalue weighted by atomic mass is 16.7. The van der Waals surface area contributed by atoms with E-state index in [0.717, 1.165) is 42.8 Å². The van der Waals surface area contributed by atoms with Crippen molar-refractivity contribution in [1.29, 1.82) is 0 Å². The zero-order chi connectivity index (χ0) is 32.7. The maximum Gasteiger partial charge on any atom is 0.494 e. The Bertz CT molecular complexity index is 1760. The van der Waals surface area contributed by atoms with Gasteiger partial charge in [0, 0.05) is 55.4 Å². The van der Waals surface area contributed by atoms with Gasteiger partial charge in [-0.3, -0.25) is 9.69 Å². The summed E-state index contributed by atoms with van der Waals surface area (Å²) in [4.78, 5) is 27.2. The fraction of sp³-hybridized carbons (Fsp3) is 0.353. The molecule has 4 atom stereocenters. The number of hydrogen-bond acceptors (Lipinski definition) is 10. The molecule has 244 valence electrons. The van der Waals surface area contributed by atoms with Crippen LogP contribution in [0.2, 0.25) is 0 Å². The highest BCUT2D eigenvalue weighted by Crippen LogP contribution is 2.34. The SMILES string of the molecule is CN1CCN(CC(=O)N(C)c2ccc(N=C(c3ccccc3)c3c(O)[nH]c4cc(B5O[C@H]6[C@@H](CO)OC(O)[C@@H]6O5)ccc34)cc2)CC1. The zero-order valence-corrected chi connectivity index (χ0v) is 26.3. The molecule has 3 aromatic carbocycles. The minimum atomic E-state index is -1.19. The number of fused-ring (bicyclic) bond motifs is 2. The molecule has 1 unspecified atom stereocenters. The van der Waals surface area contributed by atoms with Gasteiger partial charge in [-0.05, 0) is 42.8 Å². The molecule has 0 bridgehead atoms. The van der Waals surface area contributed by atoms with Crippen LogP contribution in [-0.2, 0) is 18.8 Å². The highest BCUT2D eigenvalue weighted by molar-refractivity contribution is 6.62. The van der Waals surface area contributed by atoms with Crippen molar-refractivity contribution in [3.05, 3.63) is 83.9 Å². The molecule has 3 aliphatic rings. The monoisotopic (exact) mass is 639 g/mol. The Morgan fingerprint density at radius 2 is 1.74 bits per heavy atom. The first kappa shape index (κ1) is 31.5. The van der Waals surface area contributed by atoms with Gasteiger partial charge < -0.3 is 44.1 Å². The number of benzene rings is 3. The summed E-state index contributed by atoms with van der Waals surface area (Å²) in [5, 5.41) is 31.8. The summed E-state index contributed by atoms with van der Waals surface area (Å²) in [6.45, 7) is 3.75. The second kappa shape index (κ2) is 13.2. The molecule has 0 radical (unpaired) electrons. The number of anilines is 1. The van der Waals surface area contributed by atoms with Crippen LogP contribution in [0.5, 0.6) is 5.88 Å². The van der Waals surface area contributed by atoms with Gasteiger partial charge in [0.25, 0.3) is 0 Å². The summed E-state index contributed by atoms with van der Waals surface area (Å²) in [5.74, 6) is -0.00638. The molecule has 12 nitrogen and oxygen atoms in total. The number of amides is 1. The molecule has 13 heteroatoms. The molecule has 0 spiro atoms. The Hall–Kier alpha value is -4.08. The van der Waals surface area contributed by atoms with E-state index in [0.29, 0.717) is 34.5 Å². The number of hydrogen-bond donors (Lipinski definition) is 4. The van der Waals surface area contributed by atoms with Crippen LogP contribution < -0.4 is 10.4 Å². The van der Waals surface area contributed by atoms with Crippen LogP contribution in [0.3, 0.4) is 0 Å². The largest absolute Gasteiger partial charge is 0.494 e. The molecule has 3 aliphatic heterocycles. The molecule has 4 N–H and O–H groups in total. The van der Waals surface area contributed by atoms with Gasteiger partial charge in [0.15, 0.2) is 12.2 Å². The highest BCUT2D eigenvalue weighted by Gasteiger charge is 2.53. The zero-order valence-electron chi connectivity index (χ0n) is 26.3. The average molecular weight is 640 g/mol. The molecule has 3 fully saturated rings. The molecule has 0 aliphatic carbocycles. The third-order valence-corrected chi connectivity index (χ3v) is 9.19. The first-order valence-electron chi connectivity index (χ1n) is 15.8. The number of aliphatic hydroxyl groups is 2. The molecule has 7 rings (SSSR count). The van der Waals surface area contributed by atoms with Gasteiger partial charge in [-0.2, -0.15) is 0 Å². The molecule has 1 aromatic heterocycles. The minimum Gasteiger partial charge on any atom is -0.494 e. The van der Waals surface area contributed by atoms with E-state index in [1.54, 1.807) is 11.9 Å². The second-order valence-corrected chi connectivity index (χ2v) is 12.3. The van der Waals surface area contributed by atoms with Crippen LogP contribution in [0.15, 0.2) is 77.8 Å². The lowest BCUT2D eigenvalue weighted by Gasteiger charge is -2.32. The quantitative estimate of drug-likeness (QED) is 0.166. The normalized spacial score (nSPS) is 23.8. The molecule has 3 saturated heterocycles. The van der Waals surface area contributed by atoms with Gasteiger partial charge in [-0.15, -0.1) is 0 Å². The topological polar surface area (TPSA) is 143 Å². The summed E-state index contributed by atoms with van der Waals surface area (Å²) in [6, 6.07) is 22.7. The predicted molar refractivity (Wildman–Crippen MR) is 179 cm³/mol. The van der Waals surface area contributed by atoms with Gasteiger partial charge in [-0.1, -0.05) is 42.5 Å². The Morgan fingerprint density at radius 3 is 2.47 bits per heavy atom. The average Bonchev–Trinajstić information content (AvgIpc) is 3.76. The van der Waals surface area contributed by atoms with Gasteiger partial charge in [0.2, 0.25) is 5.91 Å². The molecule has 1 amide bonds. The Morgan fingerprint density at radius 1 is 1.02 bits per heavy atom. The van der Waals surface area contributed by atoms with Crippen LogP contribution in [0, 0.1) is 0 Å². The molecule has 4 heterocycles. The van der Waals surface area contributed by atoms with Crippen molar-refractivity contribution in [1.82, 2.24) is 14.8 Å². The van der Waals surface area contributed by atoms with Crippen molar-refractivity contribution < 1.29 is 34.2 Å².